The number of hydrogen-bond donors (Lipinski definition) is 0. The second kappa shape index (κ2) is 11.3. The summed E-state index contributed by atoms with van der Waals surface area (Å²) >= 11 is 0. The Balaban J connectivity index is 1.89. The van der Waals surface area contributed by atoms with Crippen molar-refractivity contribution < 1.29 is 14.3 Å². The number of para-hydroxylation sites is 2. The first kappa shape index (κ1) is 20.0. The molecule has 2 aromatic carbocycles. The molecule has 0 amide bonds. The molecule has 0 fully saturated rings. The van der Waals surface area contributed by atoms with Crippen molar-refractivity contribution in [3.8, 4) is 11.5 Å². The van der Waals surface area contributed by atoms with Crippen LogP contribution in [0.3, 0.4) is 0 Å². The summed E-state index contributed by atoms with van der Waals surface area (Å²) in [5.41, 5.74) is 2.05. The monoisotopic (exact) mass is 354 g/mol. The SMILES string of the molecule is CCCCCCCCc1ccccc1OC(=O)Oc1ccccc1CC. The topological polar surface area (TPSA) is 35.5 Å². The molecule has 0 aliphatic carbocycles. The standard InChI is InChI=1S/C23H30O3/c1-3-5-6-7-8-9-15-20-16-11-13-18-22(20)26-23(24)25-21-17-12-10-14-19(21)4-2/h10-14,16-18H,3-9,15H2,1-2H3. The van der Waals surface area contributed by atoms with E-state index in [4.69, 9.17) is 9.47 Å². The van der Waals surface area contributed by atoms with Crippen LogP contribution < -0.4 is 9.47 Å². The molecule has 0 aliphatic rings. The van der Waals surface area contributed by atoms with E-state index < -0.39 is 6.16 Å². The van der Waals surface area contributed by atoms with Crippen LogP contribution in [-0.2, 0) is 12.8 Å². The van der Waals surface area contributed by atoms with E-state index in [9.17, 15) is 4.79 Å². The molecule has 0 aliphatic heterocycles. The summed E-state index contributed by atoms with van der Waals surface area (Å²) in [6, 6.07) is 15.3. The van der Waals surface area contributed by atoms with Crippen LogP contribution in [0.2, 0.25) is 0 Å². The molecule has 0 saturated heterocycles. The highest BCUT2D eigenvalue weighted by atomic mass is 16.7. The van der Waals surface area contributed by atoms with Crippen molar-refractivity contribution in [3.63, 3.8) is 0 Å². The maximum Gasteiger partial charge on any atom is 0.519 e. The molecule has 0 N–H and O–H groups in total. The van der Waals surface area contributed by atoms with Gasteiger partial charge in [-0.05, 0) is 42.5 Å². The number of aryl methyl sites for hydroxylation is 2. The molecule has 3 nitrogen and oxygen atoms in total. The Morgan fingerprint density at radius 3 is 1.92 bits per heavy atom. The van der Waals surface area contributed by atoms with Gasteiger partial charge >= 0.3 is 6.16 Å². The minimum atomic E-state index is -0.679. The van der Waals surface area contributed by atoms with Crippen LogP contribution in [-0.4, -0.2) is 6.16 Å². The van der Waals surface area contributed by atoms with E-state index in [1.165, 1.54) is 32.1 Å². The number of benzene rings is 2. The first-order chi connectivity index (χ1) is 12.7. The van der Waals surface area contributed by atoms with E-state index in [1.807, 2.05) is 49.4 Å². The number of unbranched alkanes of at least 4 members (excludes halogenated alkanes) is 5. The third-order valence-electron chi connectivity index (χ3n) is 4.51. The maximum atomic E-state index is 12.2. The highest BCUT2D eigenvalue weighted by Gasteiger charge is 2.13. The number of carbonyl (C=O) groups is 1. The maximum absolute atomic E-state index is 12.2. The van der Waals surface area contributed by atoms with Gasteiger partial charge in [-0.1, -0.05) is 82.3 Å². The van der Waals surface area contributed by atoms with Gasteiger partial charge in [0.2, 0.25) is 0 Å². The predicted molar refractivity (Wildman–Crippen MR) is 106 cm³/mol. The Bertz CT molecular complexity index is 679. The van der Waals surface area contributed by atoms with Crippen molar-refractivity contribution in [1.82, 2.24) is 0 Å². The van der Waals surface area contributed by atoms with Gasteiger partial charge in [-0.3, -0.25) is 0 Å². The lowest BCUT2D eigenvalue weighted by Crippen LogP contribution is -2.15. The molecule has 0 spiro atoms. The molecule has 0 saturated carbocycles. The summed E-state index contributed by atoms with van der Waals surface area (Å²) in [6.07, 6.45) is 8.51. The Labute approximate surface area is 157 Å². The second-order valence-corrected chi connectivity index (χ2v) is 6.54. The summed E-state index contributed by atoms with van der Waals surface area (Å²) in [4.78, 5) is 12.2. The third kappa shape index (κ3) is 6.55. The minimum Gasteiger partial charge on any atom is -0.394 e. The number of hydrogen-bond acceptors (Lipinski definition) is 3. The lowest BCUT2D eigenvalue weighted by molar-refractivity contribution is 0.151. The normalized spacial score (nSPS) is 10.5. The van der Waals surface area contributed by atoms with Gasteiger partial charge in [0.1, 0.15) is 11.5 Å². The van der Waals surface area contributed by atoms with Crippen LogP contribution in [0.15, 0.2) is 48.5 Å². The summed E-state index contributed by atoms with van der Waals surface area (Å²) in [5.74, 6) is 1.16. The van der Waals surface area contributed by atoms with E-state index in [0.29, 0.717) is 11.5 Å². The van der Waals surface area contributed by atoms with Gasteiger partial charge in [-0.2, -0.15) is 0 Å². The van der Waals surface area contributed by atoms with E-state index in [-0.39, 0.29) is 0 Å². The van der Waals surface area contributed by atoms with Crippen LogP contribution in [0.5, 0.6) is 11.5 Å². The van der Waals surface area contributed by atoms with E-state index in [2.05, 4.69) is 6.92 Å². The smallest absolute Gasteiger partial charge is 0.394 e. The Hall–Kier alpha value is -2.29. The number of carbonyl (C=O) groups excluding carboxylic acids is 1. The first-order valence-corrected chi connectivity index (χ1v) is 9.80. The largest absolute Gasteiger partial charge is 0.519 e. The fourth-order valence-corrected chi connectivity index (χ4v) is 3.00. The zero-order chi connectivity index (χ0) is 18.6. The van der Waals surface area contributed by atoms with E-state index >= 15 is 0 Å². The average Bonchev–Trinajstić information content (AvgIpc) is 2.66. The third-order valence-corrected chi connectivity index (χ3v) is 4.51. The first-order valence-electron chi connectivity index (χ1n) is 9.80. The van der Waals surface area contributed by atoms with Gasteiger partial charge in [-0.25, -0.2) is 4.79 Å². The lowest BCUT2D eigenvalue weighted by atomic mass is 10.0. The molecule has 0 radical (unpaired) electrons. The fraction of sp³-hybridized carbons (Fsp3) is 0.435. The van der Waals surface area contributed by atoms with Crippen molar-refractivity contribution in [1.29, 1.82) is 0 Å². The molecule has 2 rings (SSSR count). The van der Waals surface area contributed by atoms with Crippen LogP contribution in [0.1, 0.15) is 63.5 Å². The van der Waals surface area contributed by atoms with Crippen LogP contribution in [0.4, 0.5) is 4.79 Å². The Morgan fingerprint density at radius 1 is 0.731 bits per heavy atom. The zero-order valence-electron chi connectivity index (χ0n) is 16.0. The predicted octanol–water partition coefficient (Wildman–Crippen LogP) is 6.73. The molecular weight excluding hydrogens is 324 g/mol. The van der Waals surface area contributed by atoms with Crippen molar-refractivity contribution in [2.24, 2.45) is 0 Å². The summed E-state index contributed by atoms with van der Waals surface area (Å²) in [5, 5.41) is 0. The molecule has 0 unspecified atom stereocenters. The van der Waals surface area contributed by atoms with Gasteiger partial charge in [0.15, 0.2) is 0 Å². The van der Waals surface area contributed by atoms with Crippen LogP contribution in [0.25, 0.3) is 0 Å². The molecule has 0 atom stereocenters. The number of rotatable bonds is 10. The Kier molecular flexibility index (Phi) is 8.74. The molecule has 0 bridgehead atoms. The summed E-state index contributed by atoms with van der Waals surface area (Å²) < 4.78 is 10.9. The Morgan fingerprint density at radius 2 is 1.27 bits per heavy atom. The molecular formula is C23H30O3. The highest BCUT2D eigenvalue weighted by Crippen LogP contribution is 2.23. The van der Waals surface area contributed by atoms with Crippen molar-refractivity contribution in [2.75, 3.05) is 0 Å². The van der Waals surface area contributed by atoms with Crippen molar-refractivity contribution >= 4 is 6.16 Å². The molecule has 0 aromatic heterocycles. The second-order valence-electron chi connectivity index (χ2n) is 6.54. The molecule has 2 aromatic rings. The van der Waals surface area contributed by atoms with Crippen LogP contribution >= 0.6 is 0 Å². The van der Waals surface area contributed by atoms with Gasteiger partial charge in [0.05, 0.1) is 0 Å². The molecule has 26 heavy (non-hydrogen) atoms. The quantitative estimate of drug-likeness (QED) is 0.269. The van der Waals surface area contributed by atoms with Gasteiger partial charge < -0.3 is 9.47 Å². The summed E-state index contributed by atoms with van der Waals surface area (Å²) in [6.45, 7) is 4.26. The van der Waals surface area contributed by atoms with Gasteiger partial charge in [0, 0.05) is 0 Å². The minimum absolute atomic E-state index is 0.563. The number of ether oxygens (including phenoxy) is 2. The van der Waals surface area contributed by atoms with Crippen molar-refractivity contribution in [2.45, 2.75) is 65.2 Å². The lowest BCUT2D eigenvalue weighted by Gasteiger charge is -2.11. The van der Waals surface area contributed by atoms with Crippen molar-refractivity contribution in [3.05, 3.63) is 59.7 Å². The van der Waals surface area contributed by atoms with Gasteiger partial charge in [-0.15, -0.1) is 0 Å². The summed E-state index contributed by atoms with van der Waals surface area (Å²) in [7, 11) is 0. The van der Waals surface area contributed by atoms with Crippen LogP contribution in [0, 0.1) is 0 Å². The van der Waals surface area contributed by atoms with E-state index in [1.54, 1.807) is 6.07 Å². The molecule has 140 valence electrons. The van der Waals surface area contributed by atoms with Gasteiger partial charge in [0.25, 0.3) is 0 Å². The van der Waals surface area contributed by atoms with E-state index in [0.717, 1.165) is 30.4 Å². The fourth-order valence-electron chi connectivity index (χ4n) is 3.00. The zero-order valence-corrected chi connectivity index (χ0v) is 16.0. The highest BCUT2D eigenvalue weighted by molar-refractivity contribution is 5.68. The molecule has 0 heterocycles. The molecule has 3 heteroatoms. The average molecular weight is 354 g/mol.